The number of rotatable bonds is 12. The van der Waals surface area contributed by atoms with Crippen molar-refractivity contribution in [1.29, 1.82) is 0 Å². The molecule has 0 spiro atoms. The van der Waals surface area contributed by atoms with E-state index in [4.69, 9.17) is 29.5 Å². The Morgan fingerprint density at radius 1 is 1.00 bits per heavy atom. The number of hydrogen-bond acceptors (Lipinski definition) is 7. The topological polar surface area (TPSA) is 105 Å². The van der Waals surface area contributed by atoms with E-state index in [1.165, 1.54) is 0 Å². The predicted molar refractivity (Wildman–Crippen MR) is 113 cm³/mol. The minimum absolute atomic E-state index is 0.156. The largest absolute Gasteiger partial charge is 0.490 e. The maximum absolute atomic E-state index is 11.4. The third-order valence-corrected chi connectivity index (χ3v) is 4.39. The Bertz CT molecular complexity index is 592. The van der Waals surface area contributed by atoms with Crippen LogP contribution in [0.4, 0.5) is 0 Å². The van der Waals surface area contributed by atoms with E-state index < -0.39 is 11.4 Å². The van der Waals surface area contributed by atoms with Crippen molar-refractivity contribution >= 4 is 5.97 Å². The highest BCUT2D eigenvalue weighted by Gasteiger charge is 2.25. The first-order valence-corrected chi connectivity index (χ1v) is 10.0. The number of aliphatic hydroxyl groups is 3. The van der Waals surface area contributed by atoms with Crippen molar-refractivity contribution in [2.45, 2.75) is 47.0 Å². The summed E-state index contributed by atoms with van der Waals surface area (Å²) in [5.74, 6) is 0.984. The lowest BCUT2D eigenvalue weighted by Crippen LogP contribution is -2.32. The van der Waals surface area contributed by atoms with Gasteiger partial charge >= 0.3 is 5.97 Å². The van der Waals surface area contributed by atoms with Crippen LogP contribution in [0.25, 0.3) is 0 Å². The first-order chi connectivity index (χ1) is 13.9. The van der Waals surface area contributed by atoms with Crippen LogP contribution in [0.1, 0.15) is 46.1 Å². The molecule has 3 N–H and O–H groups in total. The molecule has 1 aromatic carbocycles. The second-order valence-electron chi connectivity index (χ2n) is 6.45. The lowest BCUT2D eigenvalue weighted by atomic mass is 9.88. The Kier molecular flexibility index (Phi) is 13.8. The molecule has 0 atom stereocenters. The Labute approximate surface area is 173 Å². The maximum Gasteiger partial charge on any atom is 0.335 e. The Hall–Kier alpha value is -2.09. The number of carbonyl (C=O) groups excluding carboxylic acids is 1. The summed E-state index contributed by atoms with van der Waals surface area (Å²) in [6, 6.07) is 3.64. The number of esters is 1. The van der Waals surface area contributed by atoms with Crippen molar-refractivity contribution < 1.29 is 34.3 Å². The zero-order valence-corrected chi connectivity index (χ0v) is 18.1. The minimum Gasteiger partial charge on any atom is -0.490 e. The third kappa shape index (κ3) is 8.43. The van der Waals surface area contributed by atoms with Crippen LogP contribution in [0, 0.1) is 5.41 Å². The predicted octanol–water partition coefficient (Wildman–Crippen LogP) is 2.89. The zero-order valence-electron chi connectivity index (χ0n) is 18.1. The van der Waals surface area contributed by atoms with E-state index in [1.807, 2.05) is 26.8 Å². The minimum atomic E-state index is -0.667. The van der Waals surface area contributed by atoms with Gasteiger partial charge in [0.1, 0.15) is 0 Å². The van der Waals surface area contributed by atoms with Crippen molar-refractivity contribution in [2.75, 3.05) is 33.0 Å². The van der Waals surface area contributed by atoms with Gasteiger partial charge in [-0.1, -0.05) is 32.9 Å². The number of ether oxygens (including phenoxy) is 3. The van der Waals surface area contributed by atoms with Gasteiger partial charge in [0.2, 0.25) is 5.75 Å². The molecule has 7 nitrogen and oxygen atoms in total. The molecule has 0 unspecified atom stereocenters. The Morgan fingerprint density at radius 3 is 1.93 bits per heavy atom. The van der Waals surface area contributed by atoms with Crippen LogP contribution in [-0.4, -0.2) is 54.3 Å². The van der Waals surface area contributed by atoms with E-state index in [2.05, 4.69) is 13.5 Å². The molecule has 0 heterocycles. The van der Waals surface area contributed by atoms with Crippen LogP contribution < -0.4 is 14.2 Å². The molecule has 7 heteroatoms. The summed E-state index contributed by atoms with van der Waals surface area (Å²) in [5, 5.41) is 26.0. The van der Waals surface area contributed by atoms with Gasteiger partial charge in [-0.15, -0.1) is 0 Å². The maximum atomic E-state index is 11.4. The van der Waals surface area contributed by atoms with Gasteiger partial charge in [-0.3, -0.25) is 0 Å². The summed E-state index contributed by atoms with van der Waals surface area (Å²) in [6.45, 7) is 11.6. The molecule has 0 amide bonds. The molecule has 0 saturated heterocycles. The fraction of sp³-hybridized carbons (Fsp3) is 0.591. The van der Waals surface area contributed by atoms with Gasteiger partial charge < -0.3 is 29.5 Å². The van der Waals surface area contributed by atoms with Crippen molar-refractivity contribution in [1.82, 2.24) is 0 Å². The lowest BCUT2D eigenvalue weighted by Gasteiger charge is -2.24. The molecule has 0 fully saturated rings. The number of hydrogen-bond donors (Lipinski definition) is 3. The highest BCUT2D eigenvalue weighted by molar-refractivity contribution is 5.84. The second kappa shape index (κ2) is 14.8. The smallest absolute Gasteiger partial charge is 0.335 e. The molecule has 0 aliphatic carbocycles. The highest BCUT2D eigenvalue weighted by Crippen LogP contribution is 2.41. The molecule has 0 aliphatic heterocycles. The monoisotopic (exact) mass is 412 g/mol. The second-order valence-corrected chi connectivity index (χ2v) is 6.45. The van der Waals surface area contributed by atoms with E-state index in [9.17, 15) is 4.79 Å². The Balaban J connectivity index is 0.000000734. The molecule has 29 heavy (non-hydrogen) atoms. The third-order valence-electron chi connectivity index (χ3n) is 4.39. The summed E-state index contributed by atoms with van der Waals surface area (Å²) in [4.78, 5) is 11.4. The molecule has 1 aromatic rings. The molecule has 0 saturated carbocycles. The van der Waals surface area contributed by atoms with Crippen LogP contribution >= 0.6 is 0 Å². The molecule has 0 radical (unpaired) electrons. The van der Waals surface area contributed by atoms with E-state index in [0.29, 0.717) is 36.9 Å². The molecule has 1 rings (SSSR count). The average molecular weight is 413 g/mol. The summed E-state index contributed by atoms with van der Waals surface area (Å²) in [7, 11) is 0. The van der Waals surface area contributed by atoms with Crippen molar-refractivity contribution in [2.24, 2.45) is 5.41 Å². The van der Waals surface area contributed by atoms with Crippen molar-refractivity contribution in [3.8, 4) is 17.2 Å². The van der Waals surface area contributed by atoms with Gasteiger partial charge in [0.25, 0.3) is 0 Å². The van der Waals surface area contributed by atoms with Gasteiger partial charge in [-0.05, 0) is 38.3 Å². The fourth-order valence-corrected chi connectivity index (χ4v) is 2.35. The van der Waals surface area contributed by atoms with E-state index in [0.717, 1.165) is 24.5 Å². The normalized spacial score (nSPS) is 10.6. The van der Waals surface area contributed by atoms with Gasteiger partial charge in [0, 0.05) is 11.5 Å². The molecule has 0 aliphatic rings. The van der Waals surface area contributed by atoms with Crippen molar-refractivity contribution in [3.63, 3.8) is 0 Å². The molecular formula is C22H36O7. The summed E-state index contributed by atoms with van der Waals surface area (Å²) in [6.07, 6.45) is 3.59. The number of aryl methyl sites for hydroxylation is 1. The van der Waals surface area contributed by atoms with Crippen LogP contribution in [0.2, 0.25) is 0 Å². The number of aliphatic hydroxyl groups excluding tert-OH is 3. The molecular weight excluding hydrogens is 376 g/mol. The Morgan fingerprint density at radius 2 is 1.55 bits per heavy atom. The average Bonchev–Trinajstić information content (AvgIpc) is 2.74. The van der Waals surface area contributed by atoms with Crippen molar-refractivity contribution in [3.05, 3.63) is 30.4 Å². The van der Waals surface area contributed by atoms with Crippen LogP contribution in [0.3, 0.4) is 0 Å². The summed E-state index contributed by atoms with van der Waals surface area (Å²) < 4.78 is 16.5. The standard InChI is InChI=1S/C16H22O4.C6H14O3/c1-5-9-12-10-11-13(20-14(17)6-2)16(19-8-4)15(12)18-7-3;1-2-6(3-7,4-8)5-9/h6,10-11H,2,5,7-9H2,1,3-4H3;7-9H,2-5H2,1H3. The molecule has 0 aromatic heterocycles. The van der Waals surface area contributed by atoms with Gasteiger partial charge in [-0.25, -0.2) is 4.79 Å². The fourth-order valence-electron chi connectivity index (χ4n) is 2.35. The summed E-state index contributed by atoms with van der Waals surface area (Å²) in [5.41, 5.74) is 0.385. The number of benzene rings is 1. The van der Waals surface area contributed by atoms with Crippen LogP contribution in [-0.2, 0) is 11.2 Å². The van der Waals surface area contributed by atoms with E-state index >= 15 is 0 Å². The summed E-state index contributed by atoms with van der Waals surface area (Å²) >= 11 is 0. The van der Waals surface area contributed by atoms with Gasteiger partial charge in [0.15, 0.2) is 11.5 Å². The highest BCUT2D eigenvalue weighted by atomic mass is 16.6. The van der Waals surface area contributed by atoms with Crippen LogP contribution in [0.15, 0.2) is 24.8 Å². The lowest BCUT2D eigenvalue weighted by molar-refractivity contribution is -0.129. The van der Waals surface area contributed by atoms with Gasteiger partial charge in [-0.2, -0.15) is 0 Å². The molecule has 0 bridgehead atoms. The van der Waals surface area contributed by atoms with E-state index in [1.54, 1.807) is 6.07 Å². The number of carbonyl (C=O) groups is 1. The first-order valence-electron chi connectivity index (χ1n) is 10.0. The van der Waals surface area contributed by atoms with E-state index in [-0.39, 0.29) is 19.8 Å². The molecule has 166 valence electrons. The first kappa shape index (κ1) is 26.9. The SMILES string of the molecule is C=CC(=O)Oc1ccc(CCC)c(OCC)c1OCC.CCC(CO)(CO)CO. The quantitative estimate of drug-likeness (QED) is 0.275. The van der Waals surface area contributed by atoms with Crippen LogP contribution in [0.5, 0.6) is 17.2 Å². The zero-order chi connectivity index (χ0) is 22.3. The van der Waals surface area contributed by atoms with Gasteiger partial charge in [0.05, 0.1) is 33.0 Å².